The van der Waals surface area contributed by atoms with Gasteiger partial charge in [-0.2, -0.15) is 0 Å². The first-order chi connectivity index (χ1) is 16.0. The van der Waals surface area contributed by atoms with E-state index in [2.05, 4.69) is 6.92 Å². The number of carbonyl (C=O) groups is 2. The third kappa shape index (κ3) is 9.68. The van der Waals surface area contributed by atoms with Gasteiger partial charge in [0.15, 0.2) is 5.78 Å². The van der Waals surface area contributed by atoms with Crippen LogP contribution in [0.5, 0.6) is 0 Å². The summed E-state index contributed by atoms with van der Waals surface area (Å²) < 4.78 is 13.9. The van der Waals surface area contributed by atoms with Gasteiger partial charge in [-0.1, -0.05) is 99.9 Å². The van der Waals surface area contributed by atoms with E-state index >= 15 is 0 Å². The zero-order valence-corrected chi connectivity index (χ0v) is 22.2. The number of unbranched alkanes of at least 4 members (excludes halogenated alkanes) is 7. The van der Waals surface area contributed by atoms with Crippen LogP contribution in [-0.2, 0) is 14.1 Å². The van der Waals surface area contributed by atoms with Crippen molar-refractivity contribution in [3.05, 3.63) is 70.3 Å². The number of ether oxygens (including phenoxy) is 1. The first-order valence-corrected chi connectivity index (χ1v) is 12.7. The van der Waals surface area contributed by atoms with Crippen LogP contribution in [0.15, 0.2) is 42.5 Å². The third-order valence-electron chi connectivity index (χ3n) is 5.80. The topological polar surface area (TPSA) is 60.4 Å². The molecule has 0 radical (unpaired) electrons. The lowest BCUT2D eigenvalue weighted by Gasteiger charge is -2.18. The molecule has 0 heterocycles. The second-order valence-electron chi connectivity index (χ2n) is 8.62. The fourth-order valence-electron chi connectivity index (χ4n) is 4.25. The number of hydrogen-bond acceptors (Lipinski definition) is 4. The highest BCUT2D eigenvalue weighted by Crippen LogP contribution is 2.27. The molecule has 2 rings (SSSR count). The zero-order valence-electron chi connectivity index (χ0n) is 20.8. The minimum absolute atomic E-state index is 0.179. The van der Waals surface area contributed by atoms with Crippen molar-refractivity contribution in [2.24, 2.45) is 0 Å². The Bertz CT molecular complexity index is 840. The summed E-state index contributed by atoms with van der Waals surface area (Å²) in [7, 11) is 0.611. The maximum absolute atomic E-state index is 13.5. The highest BCUT2D eigenvalue weighted by molar-refractivity contribution is 7.00. The second kappa shape index (κ2) is 16.4. The predicted octanol–water partition coefficient (Wildman–Crippen LogP) is 7.20. The van der Waals surface area contributed by atoms with Gasteiger partial charge in [0.25, 0.3) is 0 Å². The van der Waals surface area contributed by atoms with Gasteiger partial charge in [0.1, 0.15) is 5.92 Å². The SMILES string of the molecule is CCCCCCCCCCOC(=O)C(C(=O)c1c(C)cc(C)cc1C)c1ccccc1.O=[PH3]. The molecule has 0 saturated carbocycles. The van der Waals surface area contributed by atoms with E-state index in [9.17, 15) is 9.59 Å². The number of ketones is 1. The Kier molecular flexibility index (Phi) is 14.4. The molecule has 182 valence electrons. The Morgan fingerprint density at radius 3 is 1.88 bits per heavy atom. The van der Waals surface area contributed by atoms with Crippen LogP contribution in [0.4, 0.5) is 0 Å². The predicted molar refractivity (Wildman–Crippen MR) is 140 cm³/mol. The molecule has 2 atom stereocenters. The van der Waals surface area contributed by atoms with Crippen LogP contribution in [0.25, 0.3) is 0 Å². The maximum atomic E-state index is 13.5. The van der Waals surface area contributed by atoms with Crippen LogP contribution < -0.4 is 0 Å². The van der Waals surface area contributed by atoms with Gasteiger partial charge in [-0.25, -0.2) is 0 Å². The van der Waals surface area contributed by atoms with Crippen LogP contribution in [-0.4, -0.2) is 18.4 Å². The van der Waals surface area contributed by atoms with Crippen molar-refractivity contribution in [1.29, 1.82) is 0 Å². The molecular formula is C28H41O4P. The molecule has 2 aromatic rings. The molecule has 0 aliphatic rings. The molecule has 0 aliphatic carbocycles. The van der Waals surface area contributed by atoms with Gasteiger partial charge >= 0.3 is 5.97 Å². The lowest BCUT2D eigenvalue weighted by molar-refractivity contribution is -0.144. The quantitative estimate of drug-likeness (QED) is 0.102. The second-order valence-corrected chi connectivity index (χ2v) is 8.62. The highest BCUT2D eigenvalue weighted by Gasteiger charge is 2.32. The summed E-state index contributed by atoms with van der Waals surface area (Å²) in [6.07, 6.45) is 9.48. The summed E-state index contributed by atoms with van der Waals surface area (Å²) in [5.41, 5.74) is 4.23. The van der Waals surface area contributed by atoms with E-state index < -0.39 is 11.9 Å². The molecular weight excluding hydrogens is 431 g/mol. The number of benzene rings is 2. The molecule has 0 aromatic heterocycles. The minimum atomic E-state index is -0.921. The number of aryl methyl sites for hydroxylation is 3. The summed E-state index contributed by atoms with van der Waals surface area (Å²) in [6, 6.07) is 13.3. The van der Waals surface area contributed by atoms with E-state index in [0.29, 0.717) is 26.9 Å². The highest BCUT2D eigenvalue weighted by atomic mass is 31.0. The Morgan fingerprint density at radius 1 is 0.818 bits per heavy atom. The molecule has 2 aromatic carbocycles. The normalized spacial score (nSPS) is 11.4. The van der Waals surface area contributed by atoms with E-state index in [1.54, 1.807) is 0 Å². The van der Waals surface area contributed by atoms with Crippen LogP contribution in [0.1, 0.15) is 96.8 Å². The molecule has 0 aliphatic heterocycles. The number of esters is 1. The van der Waals surface area contributed by atoms with Crippen molar-refractivity contribution in [2.75, 3.05) is 6.61 Å². The first-order valence-electron chi connectivity index (χ1n) is 12.1. The van der Waals surface area contributed by atoms with Crippen molar-refractivity contribution >= 4 is 20.9 Å². The van der Waals surface area contributed by atoms with E-state index in [1.807, 2.05) is 63.2 Å². The monoisotopic (exact) mass is 472 g/mol. The lowest BCUT2D eigenvalue weighted by atomic mass is 9.86. The van der Waals surface area contributed by atoms with Crippen LogP contribution in [0.3, 0.4) is 0 Å². The van der Waals surface area contributed by atoms with Gasteiger partial charge in [-0.05, 0) is 43.9 Å². The molecule has 2 unspecified atom stereocenters. The largest absolute Gasteiger partial charge is 0.465 e. The third-order valence-corrected chi connectivity index (χ3v) is 5.80. The van der Waals surface area contributed by atoms with Gasteiger partial charge < -0.3 is 9.30 Å². The lowest BCUT2D eigenvalue weighted by Crippen LogP contribution is -2.26. The van der Waals surface area contributed by atoms with E-state index in [1.165, 1.54) is 38.5 Å². The fourth-order valence-corrected chi connectivity index (χ4v) is 4.25. The Hall–Kier alpha value is -2.19. The van der Waals surface area contributed by atoms with Crippen molar-refractivity contribution in [3.63, 3.8) is 0 Å². The molecule has 0 bridgehead atoms. The average Bonchev–Trinajstić information content (AvgIpc) is 2.79. The fraction of sp³-hybridized carbons (Fsp3) is 0.500. The Labute approximate surface area is 201 Å². The molecule has 5 heteroatoms. The van der Waals surface area contributed by atoms with Crippen LogP contribution in [0, 0.1) is 20.8 Å². The summed E-state index contributed by atoms with van der Waals surface area (Å²) >= 11 is 0. The molecule has 0 N–H and O–H groups in total. The maximum Gasteiger partial charge on any atom is 0.321 e. The average molecular weight is 473 g/mol. The minimum Gasteiger partial charge on any atom is -0.465 e. The number of rotatable bonds is 13. The number of Topliss-reactive ketones (excluding diaryl/α,β-unsaturated/α-hetero) is 1. The molecule has 33 heavy (non-hydrogen) atoms. The zero-order chi connectivity index (χ0) is 24.6. The van der Waals surface area contributed by atoms with Crippen LogP contribution >= 0.6 is 9.12 Å². The molecule has 4 nitrogen and oxygen atoms in total. The summed E-state index contributed by atoms with van der Waals surface area (Å²) in [5, 5.41) is 0. The van der Waals surface area contributed by atoms with Crippen molar-refractivity contribution in [2.45, 2.75) is 85.0 Å². The summed E-state index contributed by atoms with van der Waals surface area (Å²) in [6.45, 7) is 8.47. The van der Waals surface area contributed by atoms with Crippen LogP contribution in [0.2, 0.25) is 0 Å². The van der Waals surface area contributed by atoms with Crippen molar-refractivity contribution < 1.29 is 18.9 Å². The van der Waals surface area contributed by atoms with E-state index in [-0.39, 0.29) is 5.78 Å². The number of carbonyl (C=O) groups excluding carboxylic acids is 2. The molecule has 0 fully saturated rings. The Balaban J connectivity index is 0.00000265. The summed E-state index contributed by atoms with van der Waals surface area (Å²) in [4.78, 5) is 26.5. The van der Waals surface area contributed by atoms with Gasteiger partial charge in [-0.15, -0.1) is 0 Å². The van der Waals surface area contributed by atoms with Crippen molar-refractivity contribution in [3.8, 4) is 0 Å². The van der Waals surface area contributed by atoms with Crippen molar-refractivity contribution in [1.82, 2.24) is 0 Å². The first kappa shape index (κ1) is 28.8. The van der Waals surface area contributed by atoms with E-state index in [0.717, 1.165) is 29.5 Å². The smallest absolute Gasteiger partial charge is 0.321 e. The van der Waals surface area contributed by atoms with Gasteiger partial charge in [0.05, 0.1) is 15.7 Å². The van der Waals surface area contributed by atoms with E-state index in [4.69, 9.17) is 9.30 Å². The molecule has 0 saturated heterocycles. The van der Waals surface area contributed by atoms with Gasteiger partial charge in [0, 0.05) is 5.56 Å². The van der Waals surface area contributed by atoms with Gasteiger partial charge in [-0.3, -0.25) is 9.59 Å². The number of hydrogen-bond donors (Lipinski definition) is 0. The summed E-state index contributed by atoms with van der Waals surface area (Å²) in [5.74, 6) is -1.55. The Morgan fingerprint density at radius 2 is 1.33 bits per heavy atom. The molecule has 0 amide bonds. The standard InChI is InChI=1S/C28H38O3.H3OP/c1-5-6-7-8-9-10-11-15-18-31-28(30)26(24-16-13-12-14-17-24)27(29)25-22(3)19-21(2)20-23(25)4;1-2/h12-14,16-17,19-20,26H,5-11,15,18H2,1-4H3;2H3. The van der Waals surface area contributed by atoms with Gasteiger partial charge in [0.2, 0.25) is 0 Å². The molecule has 0 spiro atoms.